The van der Waals surface area contributed by atoms with Gasteiger partial charge in [-0.05, 0) is 38.0 Å². The van der Waals surface area contributed by atoms with Gasteiger partial charge in [0, 0.05) is 0 Å². The average Bonchev–Trinajstić information content (AvgIpc) is 2.98. The van der Waals surface area contributed by atoms with Crippen molar-refractivity contribution in [3.05, 3.63) is 0 Å². The monoisotopic (exact) mass is 690 g/mol. The van der Waals surface area contributed by atoms with Crippen molar-refractivity contribution in [2.75, 3.05) is 0 Å². The maximum atomic E-state index is 13.0. The molecular weight excluding hydrogens is 632 g/mol. The van der Waals surface area contributed by atoms with Crippen LogP contribution in [0.4, 0.5) is 0 Å². The number of carboxylic acid groups (broad SMARTS) is 4. The fourth-order valence-corrected chi connectivity index (χ4v) is 5.54. The SMILES string of the molecule is CCCC[C@@H](C)[C@@H](OC(=O)C[C@@H](CC(=O)O)C(=O)O)[C@H](C[C@@H](C)CCCCCCCC[C@H](O)C(C)O)OC(=O)C[C@@H](CC(=O)O)C(=O)O. The minimum absolute atomic E-state index is 0.0448. The van der Waals surface area contributed by atoms with Gasteiger partial charge in [-0.3, -0.25) is 28.8 Å². The first-order valence-electron chi connectivity index (χ1n) is 17.1. The molecule has 0 spiro atoms. The van der Waals surface area contributed by atoms with Crippen LogP contribution < -0.4 is 0 Å². The number of ether oxygens (including phenoxy) is 2. The summed E-state index contributed by atoms with van der Waals surface area (Å²) in [6, 6.07) is 0. The smallest absolute Gasteiger partial charge is 0.307 e. The second-order valence-electron chi connectivity index (χ2n) is 13.1. The van der Waals surface area contributed by atoms with E-state index < -0.39 is 97.8 Å². The van der Waals surface area contributed by atoms with Crippen molar-refractivity contribution in [3.63, 3.8) is 0 Å². The molecule has 14 heteroatoms. The molecule has 1 unspecified atom stereocenters. The van der Waals surface area contributed by atoms with Gasteiger partial charge in [-0.15, -0.1) is 0 Å². The quantitative estimate of drug-likeness (QED) is 0.0462. The highest BCUT2D eigenvalue weighted by Crippen LogP contribution is 2.29. The first kappa shape index (κ1) is 44.7. The van der Waals surface area contributed by atoms with Crippen molar-refractivity contribution >= 4 is 35.8 Å². The highest BCUT2D eigenvalue weighted by molar-refractivity contribution is 5.83. The molecule has 0 saturated heterocycles. The summed E-state index contributed by atoms with van der Waals surface area (Å²) in [4.78, 5) is 71.5. The fourth-order valence-electron chi connectivity index (χ4n) is 5.54. The molecule has 278 valence electrons. The van der Waals surface area contributed by atoms with Gasteiger partial charge in [0.15, 0.2) is 0 Å². The van der Waals surface area contributed by atoms with Crippen LogP contribution in [0.1, 0.15) is 130 Å². The van der Waals surface area contributed by atoms with E-state index in [1.165, 1.54) is 0 Å². The van der Waals surface area contributed by atoms with Crippen LogP contribution in [0.25, 0.3) is 0 Å². The molecular formula is C34H58O14. The lowest BCUT2D eigenvalue weighted by Crippen LogP contribution is -2.42. The summed E-state index contributed by atoms with van der Waals surface area (Å²) in [5.41, 5.74) is 0. The molecule has 6 N–H and O–H groups in total. The molecule has 0 aliphatic rings. The molecule has 0 aromatic rings. The predicted molar refractivity (Wildman–Crippen MR) is 173 cm³/mol. The second kappa shape index (κ2) is 24.8. The zero-order valence-electron chi connectivity index (χ0n) is 28.9. The van der Waals surface area contributed by atoms with Crippen LogP contribution in [0.3, 0.4) is 0 Å². The maximum Gasteiger partial charge on any atom is 0.307 e. The Hall–Kier alpha value is -3.26. The third-order valence-corrected chi connectivity index (χ3v) is 8.50. The largest absolute Gasteiger partial charge is 0.481 e. The van der Waals surface area contributed by atoms with E-state index in [1.807, 2.05) is 13.8 Å². The molecule has 0 amide bonds. The molecule has 0 bridgehead atoms. The van der Waals surface area contributed by atoms with Crippen molar-refractivity contribution in [3.8, 4) is 0 Å². The molecule has 0 radical (unpaired) electrons. The Morgan fingerprint density at radius 3 is 1.48 bits per heavy atom. The van der Waals surface area contributed by atoms with Gasteiger partial charge in [0.25, 0.3) is 0 Å². The summed E-state index contributed by atoms with van der Waals surface area (Å²) in [6.45, 7) is 7.24. The lowest BCUT2D eigenvalue weighted by atomic mass is 9.87. The maximum absolute atomic E-state index is 13.0. The summed E-state index contributed by atoms with van der Waals surface area (Å²) < 4.78 is 11.5. The molecule has 0 aliphatic heterocycles. The van der Waals surface area contributed by atoms with Crippen LogP contribution in [-0.2, 0) is 38.2 Å². The molecule has 0 fully saturated rings. The number of carboxylic acids is 4. The van der Waals surface area contributed by atoms with Gasteiger partial charge in [0.05, 0.1) is 49.7 Å². The third kappa shape index (κ3) is 20.9. The zero-order chi connectivity index (χ0) is 36.8. The Balaban J connectivity index is 5.80. The zero-order valence-corrected chi connectivity index (χ0v) is 28.9. The predicted octanol–water partition coefficient (Wildman–Crippen LogP) is 4.66. The number of aliphatic hydroxyl groups excluding tert-OH is 2. The third-order valence-electron chi connectivity index (χ3n) is 8.50. The number of esters is 2. The number of carbonyl (C=O) groups excluding carboxylic acids is 2. The van der Waals surface area contributed by atoms with Gasteiger partial charge in [0.1, 0.15) is 12.2 Å². The van der Waals surface area contributed by atoms with E-state index in [-0.39, 0.29) is 18.3 Å². The Morgan fingerprint density at radius 2 is 1.04 bits per heavy atom. The molecule has 0 aromatic carbocycles. The van der Waals surface area contributed by atoms with E-state index in [9.17, 15) is 49.2 Å². The van der Waals surface area contributed by atoms with Gasteiger partial charge in [0.2, 0.25) is 0 Å². The topological polar surface area (TPSA) is 242 Å². The Bertz CT molecular complexity index is 996. The normalized spacial score (nSPS) is 16.4. The van der Waals surface area contributed by atoms with E-state index in [0.29, 0.717) is 12.8 Å². The first-order valence-corrected chi connectivity index (χ1v) is 17.1. The number of aliphatic carboxylic acids is 4. The fraction of sp³-hybridized carbons (Fsp3) is 0.824. The first-order chi connectivity index (χ1) is 22.5. The summed E-state index contributed by atoms with van der Waals surface area (Å²) >= 11 is 0. The molecule has 14 nitrogen and oxygen atoms in total. The van der Waals surface area contributed by atoms with Crippen molar-refractivity contribution in [1.29, 1.82) is 0 Å². The Labute approximate surface area is 283 Å². The van der Waals surface area contributed by atoms with E-state index >= 15 is 0 Å². The van der Waals surface area contributed by atoms with Gasteiger partial charge in [-0.1, -0.05) is 78.6 Å². The van der Waals surface area contributed by atoms with Crippen molar-refractivity contribution in [2.24, 2.45) is 23.7 Å². The molecule has 8 atom stereocenters. The molecule has 0 heterocycles. The molecule has 48 heavy (non-hydrogen) atoms. The van der Waals surface area contributed by atoms with Crippen molar-refractivity contribution in [1.82, 2.24) is 0 Å². The molecule has 0 aromatic heterocycles. The van der Waals surface area contributed by atoms with Gasteiger partial charge in [-0.25, -0.2) is 0 Å². The highest BCUT2D eigenvalue weighted by Gasteiger charge is 2.36. The standard InChI is InChI=1S/C34H58O14/c1-5-6-14-22(3)32(48-31(42)20-25(34(45)46)18-29(39)40)27(47-30(41)19-24(33(43)44)17-28(37)38)16-21(2)13-11-9-7-8-10-12-15-26(36)23(4)35/h21-27,32,35-36H,5-20H2,1-4H3,(H,37,38)(H,39,40)(H,43,44)(H,45,46)/t21-,22+,23?,24+,25+,26-,27-,32+/m0/s1. The van der Waals surface area contributed by atoms with E-state index in [1.54, 1.807) is 13.8 Å². The summed E-state index contributed by atoms with van der Waals surface area (Å²) in [5.74, 6) is -11.2. The van der Waals surface area contributed by atoms with Crippen LogP contribution in [0.5, 0.6) is 0 Å². The minimum Gasteiger partial charge on any atom is -0.481 e. The highest BCUT2D eigenvalue weighted by atomic mass is 16.6. The Morgan fingerprint density at radius 1 is 0.583 bits per heavy atom. The van der Waals surface area contributed by atoms with E-state index in [4.69, 9.17) is 19.7 Å². The molecule has 0 rings (SSSR count). The Kier molecular flexibility index (Phi) is 23.1. The number of hydrogen-bond donors (Lipinski definition) is 6. The van der Waals surface area contributed by atoms with Gasteiger partial charge in [-0.2, -0.15) is 0 Å². The van der Waals surface area contributed by atoms with Gasteiger partial charge >= 0.3 is 35.8 Å². The number of carbonyl (C=O) groups is 6. The van der Waals surface area contributed by atoms with Gasteiger partial charge < -0.3 is 40.1 Å². The number of aliphatic hydroxyl groups is 2. The summed E-state index contributed by atoms with van der Waals surface area (Å²) in [5, 5.41) is 56.1. The van der Waals surface area contributed by atoms with Crippen LogP contribution in [-0.4, -0.2) is 90.9 Å². The second-order valence-corrected chi connectivity index (χ2v) is 13.1. The van der Waals surface area contributed by atoms with Crippen molar-refractivity contribution < 1.29 is 68.9 Å². The lowest BCUT2D eigenvalue weighted by molar-refractivity contribution is -0.177. The van der Waals surface area contributed by atoms with Crippen LogP contribution in [0.15, 0.2) is 0 Å². The molecule has 0 saturated carbocycles. The number of hydrogen-bond acceptors (Lipinski definition) is 10. The number of unbranched alkanes of at least 4 members (excludes halogenated alkanes) is 6. The van der Waals surface area contributed by atoms with E-state index in [2.05, 4.69) is 0 Å². The minimum atomic E-state index is -1.53. The summed E-state index contributed by atoms with van der Waals surface area (Å²) in [7, 11) is 0. The van der Waals surface area contributed by atoms with Crippen LogP contribution >= 0.6 is 0 Å². The number of rotatable bonds is 29. The lowest BCUT2D eigenvalue weighted by Gasteiger charge is -2.33. The van der Waals surface area contributed by atoms with Crippen molar-refractivity contribution in [2.45, 2.75) is 155 Å². The average molecular weight is 691 g/mol. The van der Waals surface area contributed by atoms with Crippen LogP contribution in [0, 0.1) is 23.7 Å². The molecule has 0 aliphatic carbocycles. The summed E-state index contributed by atoms with van der Waals surface area (Å²) in [6.07, 6.45) is 2.44. The van der Waals surface area contributed by atoms with E-state index in [0.717, 1.165) is 57.8 Å². The van der Waals surface area contributed by atoms with Crippen LogP contribution in [0.2, 0.25) is 0 Å².